The predicted octanol–water partition coefficient (Wildman–Crippen LogP) is 3.74. The molecule has 23 heavy (non-hydrogen) atoms. The SMILES string of the molecule is Cc1ccc(CNc2ccc(NC(=O)OC(C)(C)C)nn2)cc1. The molecule has 1 aromatic heterocycles. The first-order valence-electron chi connectivity index (χ1n) is 7.45. The summed E-state index contributed by atoms with van der Waals surface area (Å²) in [5.41, 5.74) is 1.84. The van der Waals surface area contributed by atoms with Gasteiger partial charge in [-0.3, -0.25) is 5.32 Å². The van der Waals surface area contributed by atoms with Crippen molar-refractivity contribution in [2.75, 3.05) is 10.6 Å². The Balaban J connectivity index is 1.87. The number of aromatic nitrogens is 2. The van der Waals surface area contributed by atoms with Crippen molar-refractivity contribution in [2.45, 2.75) is 39.8 Å². The van der Waals surface area contributed by atoms with Crippen molar-refractivity contribution in [3.63, 3.8) is 0 Å². The summed E-state index contributed by atoms with van der Waals surface area (Å²) in [7, 11) is 0. The van der Waals surface area contributed by atoms with E-state index < -0.39 is 11.7 Å². The lowest BCUT2D eigenvalue weighted by Crippen LogP contribution is -2.27. The second-order valence-electron chi connectivity index (χ2n) is 6.27. The molecule has 6 nitrogen and oxygen atoms in total. The lowest BCUT2D eigenvalue weighted by Gasteiger charge is -2.19. The summed E-state index contributed by atoms with van der Waals surface area (Å²) in [4.78, 5) is 11.6. The molecule has 0 saturated heterocycles. The van der Waals surface area contributed by atoms with Gasteiger partial charge in [0.25, 0.3) is 0 Å². The molecule has 0 unspecified atom stereocenters. The molecule has 2 aromatic rings. The summed E-state index contributed by atoms with van der Waals surface area (Å²) in [6, 6.07) is 11.7. The van der Waals surface area contributed by atoms with E-state index in [9.17, 15) is 4.79 Å². The molecule has 6 heteroatoms. The number of nitrogens with zero attached hydrogens (tertiary/aromatic N) is 2. The molecule has 0 radical (unpaired) electrons. The van der Waals surface area contributed by atoms with Crippen LogP contribution in [0, 0.1) is 6.92 Å². The van der Waals surface area contributed by atoms with Gasteiger partial charge < -0.3 is 10.1 Å². The molecule has 0 fully saturated rings. The Morgan fingerprint density at radius 2 is 1.65 bits per heavy atom. The van der Waals surface area contributed by atoms with Crippen LogP contribution < -0.4 is 10.6 Å². The van der Waals surface area contributed by atoms with Crippen molar-refractivity contribution in [1.29, 1.82) is 0 Å². The molecule has 2 N–H and O–H groups in total. The van der Waals surface area contributed by atoms with Crippen molar-refractivity contribution >= 4 is 17.7 Å². The van der Waals surface area contributed by atoms with Gasteiger partial charge in [0, 0.05) is 6.54 Å². The van der Waals surface area contributed by atoms with Crippen LogP contribution in [0.5, 0.6) is 0 Å². The summed E-state index contributed by atoms with van der Waals surface area (Å²) in [5.74, 6) is 0.987. The highest BCUT2D eigenvalue weighted by Gasteiger charge is 2.16. The number of carbonyl (C=O) groups is 1. The fourth-order valence-electron chi connectivity index (χ4n) is 1.80. The summed E-state index contributed by atoms with van der Waals surface area (Å²) in [5, 5.41) is 13.7. The van der Waals surface area contributed by atoms with Crippen molar-refractivity contribution in [3.8, 4) is 0 Å². The Morgan fingerprint density at radius 1 is 1.04 bits per heavy atom. The molecule has 0 aliphatic heterocycles. The second kappa shape index (κ2) is 7.09. The van der Waals surface area contributed by atoms with Crippen LogP contribution >= 0.6 is 0 Å². The van der Waals surface area contributed by atoms with Crippen molar-refractivity contribution in [3.05, 3.63) is 47.5 Å². The second-order valence-corrected chi connectivity index (χ2v) is 6.27. The van der Waals surface area contributed by atoms with Gasteiger partial charge in [-0.2, -0.15) is 0 Å². The number of nitrogens with one attached hydrogen (secondary N) is 2. The van der Waals surface area contributed by atoms with E-state index in [2.05, 4.69) is 52.0 Å². The van der Waals surface area contributed by atoms with E-state index >= 15 is 0 Å². The topological polar surface area (TPSA) is 76.1 Å². The zero-order valence-electron chi connectivity index (χ0n) is 13.9. The molecule has 1 aromatic carbocycles. The number of carbonyl (C=O) groups excluding carboxylic acids is 1. The number of hydrogen-bond donors (Lipinski definition) is 2. The first-order valence-corrected chi connectivity index (χ1v) is 7.45. The van der Waals surface area contributed by atoms with E-state index in [-0.39, 0.29) is 0 Å². The average molecular weight is 314 g/mol. The standard InChI is InChI=1S/C17H22N4O2/c1-12-5-7-13(8-6-12)11-18-14-9-10-15(21-20-14)19-16(22)23-17(2,3)4/h5-10H,11H2,1-4H3,(H,18,20)(H,19,21,22). The maximum absolute atomic E-state index is 11.6. The number of amides is 1. The van der Waals surface area contributed by atoms with Crippen LogP contribution in [0.2, 0.25) is 0 Å². The van der Waals surface area contributed by atoms with Gasteiger partial charge in [0.15, 0.2) is 5.82 Å². The minimum absolute atomic E-state index is 0.347. The minimum Gasteiger partial charge on any atom is -0.444 e. The van der Waals surface area contributed by atoms with Gasteiger partial charge in [-0.1, -0.05) is 29.8 Å². The van der Waals surface area contributed by atoms with Gasteiger partial charge in [0.1, 0.15) is 11.4 Å². The largest absolute Gasteiger partial charge is 0.444 e. The van der Waals surface area contributed by atoms with Crippen molar-refractivity contribution < 1.29 is 9.53 Å². The number of hydrogen-bond acceptors (Lipinski definition) is 5. The smallest absolute Gasteiger partial charge is 0.413 e. The summed E-state index contributed by atoms with van der Waals surface area (Å²) in [6.07, 6.45) is -0.549. The third-order valence-corrected chi connectivity index (χ3v) is 2.89. The highest BCUT2D eigenvalue weighted by atomic mass is 16.6. The number of anilines is 2. The first-order chi connectivity index (χ1) is 10.8. The molecule has 0 aliphatic carbocycles. The third-order valence-electron chi connectivity index (χ3n) is 2.89. The van der Waals surface area contributed by atoms with Crippen LogP contribution in [-0.2, 0) is 11.3 Å². The van der Waals surface area contributed by atoms with Crippen molar-refractivity contribution in [1.82, 2.24) is 10.2 Å². The lowest BCUT2D eigenvalue weighted by atomic mass is 10.1. The van der Waals surface area contributed by atoms with E-state index in [1.807, 2.05) is 0 Å². The highest BCUT2D eigenvalue weighted by Crippen LogP contribution is 2.11. The number of ether oxygens (including phenoxy) is 1. The molecule has 0 aliphatic rings. The Morgan fingerprint density at radius 3 is 2.22 bits per heavy atom. The van der Waals surface area contributed by atoms with Crippen molar-refractivity contribution in [2.24, 2.45) is 0 Å². The highest BCUT2D eigenvalue weighted by molar-refractivity contribution is 5.83. The van der Waals surface area contributed by atoms with Crippen LogP contribution in [0.1, 0.15) is 31.9 Å². The average Bonchev–Trinajstić information content (AvgIpc) is 2.46. The molecule has 2 rings (SSSR count). The van der Waals surface area contributed by atoms with Crippen LogP contribution in [0.25, 0.3) is 0 Å². The van der Waals surface area contributed by atoms with Crippen LogP contribution in [-0.4, -0.2) is 21.9 Å². The zero-order valence-corrected chi connectivity index (χ0v) is 13.9. The molecule has 0 spiro atoms. The van der Waals surface area contributed by atoms with E-state index in [0.29, 0.717) is 18.2 Å². The molecule has 0 bridgehead atoms. The van der Waals surface area contributed by atoms with Gasteiger partial charge in [-0.15, -0.1) is 10.2 Å². The molecular formula is C17H22N4O2. The fourth-order valence-corrected chi connectivity index (χ4v) is 1.80. The third kappa shape index (κ3) is 5.94. The summed E-state index contributed by atoms with van der Waals surface area (Å²) < 4.78 is 5.15. The molecular weight excluding hydrogens is 292 g/mol. The zero-order chi connectivity index (χ0) is 16.9. The lowest BCUT2D eigenvalue weighted by molar-refractivity contribution is 0.0635. The van der Waals surface area contributed by atoms with E-state index in [1.54, 1.807) is 32.9 Å². The quantitative estimate of drug-likeness (QED) is 0.899. The predicted molar refractivity (Wildman–Crippen MR) is 90.4 cm³/mol. The number of benzene rings is 1. The molecule has 0 saturated carbocycles. The summed E-state index contributed by atoms with van der Waals surface area (Å²) in [6.45, 7) is 8.12. The van der Waals surface area contributed by atoms with Gasteiger partial charge in [-0.05, 0) is 45.4 Å². The molecule has 1 amide bonds. The van der Waals surface area contributed by atoms with Crippen LogP contribution in [0.3, 0.4) is 0 Å². The molecule has 122 valence electrons. The molecule has 1 heterocycles. The Bertz CT molecular complexity index is 646. The van der Waals surface area contributed by atoms with Crippen LogP contribution in [0.4, 0.5) is 16.4 Å². The van der Waals surface area contributed by atoms with Gasteiger partial charge >= 0.3 is 6.09 Å². The van der Waals surface area contributed by atoms with E-state index in [1.165, 1.54) is 5.56 Å². The Hall–Kier alpha value is -2.63. The Labute approximate surface area is 136 Å². The van der Waals surface area contributed by atoms with Gasteiger partial charge in [0.05, 0.1) is 0 Å². The van der Waals surface area contributed by atoms with E-state index in [4.69, 9.17) is 4.74 Å². The number of aryl methyl sites for hydroxylation is 1. The number of rotatable bonds is 4. The maximum atomic E-state index is 11.6. The minimum atomic E-state index is -0.549. The normalized spacial score (nSPS) is 11.0. The maximum Gasteiger partial charge on any atom is 0.413 e. The monoisotopic (exact) mass is 314 g/mol. The van der Waals surface area contributed by atoms with E-state index in [0.717, 1.165) is 5.56 Å². The fraction of sp³-hybridized carbons (Fsp3) is 0.353. The van der Waals surface area contributed by atoms with Gasteiger partial charge in [-0.25, -0.2) is 4.79 Å². The molecule has 0 atom stereocenters. The summed E-state index contributed by atoms with van der Waals surface area (Å²) >= 11 is 0. The Kier molecular flexibility index (Phi) is 5.16. The first kappa shape index (κ1) is 16.7. The van der Waals surface area contributed by atoms with Crippen LogP contribution in [0.15, 0.2) is 36.4 Å². The van der Waals surface area contributed by atoms with Gasteiger partial charge in [0.2, 0.25) is 0 Å².